The van der Waals surface area contributed by atoms with Gasteiger partial charge in [-0.05, 0) is 13.0 Å². The molecule has 4 nitrogen and oxygen atoms in total. The minimum Gasteiger partial charge on any atom is -0.408 e. The number of hydrogen-bond acceptors (Lipinski definition) is 3. The fourth-order valence-electron chi connectivity index (χ4n) is 2.18. The molecule has 2 aromatic heterocycles. The first-order valence-corrected chi connectivity index (χ1v) is 5.71. The third-order valence-corrected chi connectivity index (χ3v) is 2.90. The molecule has 0 saturated heterocycles. The van der Waals surface area contributed by atoms with Gasteiger partial charge in [-0.15, -0.1) is 0 Å². The Hall–Kier alpha value is -2.36. The molecule has 1 N–H and O–H groups in total. The second-order valence-electron chi connectivity index (χ2n) is 4.23. The number of aryl methyl sites for hydroxylation is 1. The number of aromatic nitrogens is 2. The van der Waals surface area contributed by atoms with Crippen LogP contribution in [-0.4, -0.2) is 15.9 Å². The van der Waals surface area contributed by atoms with Gasteiger partial charge in [0, 0.05) is 29.3 Å². The predicted octanol–water partition coefficient (Wildman–Crippen LogP) is 2.95. The number of hydrogen-bond donors (Lipinski definition) is 1. The standard InChI is InChI=1S/C14H12N2O2/c1-8-14-11(7-13(15-8)18-9(2)17)10-5-3-4-6-12(10)16-14/h3-7,16H,1-2H3. The number of ether oxygens (including phenoxy) is 1. The first kappa shape index (κ1) is 10.8. The van der Waals surface area contributed by atoms with Gasteiger partial charge in [-0.25, -0.2) is 4.98 Å². The van der Waals surface area contributed by atoms with E-state index in [9.17, 15) is 4.79 Å². The highest BCUT2D eigenvalue weighted by molar-refractivity contribution is 6.08. The number of benzene rings is 1. The molecular formula is C14H12N2O2. The molecule has 0 fully saturated rings. The Kier molecular flexibility index (Phi) is 2.30. The van der Waals surface area contributed by atoms with E-state index in [0.29, 0.717) is 5.88 Å². The van der Waals surface area contributed by atoms with Crippen LogP contribution < -0.4 is 4.74 Å². The Labute approximate surface area is 104 Å². The van der Waals surface area contributed by atoms with Crippen molar-refractivity contribution in [3.05, 3.63) is 36.0 Å². The van der Waals surface area contributed by atoms with Crippen LogP contribution in [0.5, 0.6) is 5.88 Å². The van der Waals surface area contributed by atoms with Crippen molar-refractivity contribution in [2.45, 2.75) is 13.8 Å². The molecule has 0 spiro atoms. The molecule has 4 heteroatoms. The maximum absolute atomic E-state index is 11.0. The molecule has 0 bridgehead atoms. The minimum atomic E-state index is -0.360. The van der Waals surface area contributed by atoms with Crippen molar-refractivity contribution in [3.63, 3.8) is 0 Å². The number of H-pyrrole nitrogens is 1. The van der Waals surface area contributed by atoms with Crippen molar-refractivity contribution >= 4 is 27.8 Å². The Bertz CT molecular complexity index is 759. The summed E-state index contributed by atoms with van der Waals surface area (Å²) in [4.78, 5) is 18.6. The number of carbonyl (C=O) groups is 1. The van der Waals surface area contributed by atoms with E-state index in [-0.39, 0.29) is 5.97 Å². The zero-order valence-corrected chi connectivity index (χ0v) is 10.2. The molecule has 0 aliphatic carbocycles. The number of pyridine rings is 1. The van der Waals surface area contributed by atoms with Gasteiger partial charge in [0.15, 0.2) is 0 Å². The van der Waals surface area contributed by atoms with Crippen molar-refractivity contribution in [2.24, 2.45) is 0 Å². The van der Waals surface area contributed by atoms with Crippen LogP contribution in [0, 0.1) is 6.92 Å². The molecule has 18 heavy (non-hydrogen) atoms. The van der Waals surface area contributed by atoms with Crippen LogP contribution in [0.4, 0.5) is 0 Å². The van der Waals surface area contributed by atoms with Gasteiger partial charge in [-0.1, -0.05) is 18.2 Å². The third kappa shape index (κ3) is 1.62. The first-order valence-electron chi connectivity index (χ1n) is 5.71. The van der Waals surface area contributed by atoms with Crippen LogP contribution in [0.2, 0.25) is 0 Å². The van der Waals surface area contributed by atoms with Gasteiger partial charge in [0.05, 0.1) is 11.2 Å². The smallest absolute Gasteiger partial charge is 0.309 e. The summed E-state index contributed by atoms with van der Waals surface area (Å²) in [6.07, 6.45) is 0. The van der Waals surface area contributed by atoms with E-state index in [0.717, 1.165) is 27.5 Å². The Morgan fingerprint density at radius 1 is 1.28 bits per heavy atom. The number of fused-ring (bicyclic) bond motifs is 3. The molecule has 0 unspecified atom stereocenters. The topological polar surface area (TPSA) is 55.0 Å². The van der Waals surface area contributed by atoms with Crippen molar-refractivity contribution in [1.82, 2.24) is 9.97 Å². The summed E-state index contributed by atoms with van der Waals surface area (Å²) in [7, 11) is 0. The number of esters is 1. The Morgan fingerprint density at radius 2 is 2.06 bits per heavy atom. The summed E-state index contributed by atoms with van der Waals surface area (Å²) < 4.78 is 5.06. The van der Waals surface area contributed by atoms with Gasteiger partial charge in [0.25, 0.3) is 0 Å². The highest BCUT2D eigenvalue weighted by Crippen LogP contribution is 2.29. The van der Waals surface area contributed by atoms with E-state index in [1.54, 1.807) is 6.07 Å². The van der Waals surface area contributed by atoms with Crippen molar-refractivity contribution in [3.8, 4) is 5.88 Å². The molecule has 0 amide bonds. The number of rotatable bonds is 1. The average molecular weight is 240 g/mol. The molecule has 0 aliphatic heterocycles. The highest BCUT2D eigenvalue weighted by atomic mass is 16.5. The number of carbonyl (C=O) groups excluding carboxylic acids is 1. The normalized spacial score (nSPS) is 11.0. The van der Waals surface area contributed by atoms with Gasteiger partial charge in [-0.3, -0.25) is 4.79 Å². The molecule has 0 saturated carbocycles. The van der Waals surface area contributed by atoms with Crippen LogP contribution in [-0.2, 0) is 4.79 Å². The molecule has 0 aliphatic rings. The average Bonchev–Trinajstić information content (AvgIpc) is 2.68. The van der Waals surface area contributed by atoms with E-state index < -0.39 is 0 Å². The fourth-order valence-corrected chi connectivity index (χ4v) is 2.18. The van der Waals surface area contributed by atoms with Crippen LogP contribution in [0.25, 0.3) is 21.8 Å². The lowest BCUT2D eigenvalue weighted by Crippen LogP contribution is -2.03. The number of aromatic amines is 1. The van der Waals surface area contributed by atoms with Crippen LogP contribution >= 0.6 is 0 Å². The zero-order chi connectivity index (χ0) is 12.7. The van der Waals surface area contributed by atoms with Crippen molar-refractivity contribution in [1.29, 1.82) is 0 Å². The molecule has 1 aromatic carbocycles. The first-order chi connectivity index (χ1) is 8.65. The quantitative estimate of drug-likeness (QED) is 0.665. The molecule has 2 heterocycles. The van der Waals surface area contributed by atoms with E-state index in [2.05, 4.69) is 9.97 Å². The van der Waals surface area contributed by atoms with Gasteiger partial charge in [-0.2, -0.15) is 0 Å². The lowest BCUT2D eigenvalue weighted by molar-refractivity contribution is -0.132. The number of nitrogens with zero attached hydrogens (tertiary/aromatic N) is 1. The van der Waals surface area contributed by atoms with Crippen LogP contribution in [0.15, 0.2) is 30.3 Å². The Morgan fingerprint density at radius 3 is 2.83 bits per heavy atom. The van der Waals surface area contributed by atoms with Gasteiger partial charge >= 0.3 is 5.97 Å². The zero-order valence-electron chi connectivity index (χ0n) is 10.2. The summed E-state index contributed by atoms with van der Waals surface area (Å²) in [5, 5.41) is 2.13. The Balaban J connectivity index is 2.33. The molecule has 90 valence electrons. The summed E-state index contributed by atoms with van der Waals surface area (Å²) in [5.41, 5.74) is 2.85. The third-order valence-electron chi connectivity index (χ3n) is 2.90. The van der Waals surface area contributed by atoms with E-state index in [1.165, 1.54) is 6.92 Å². The van der Waals surface area contributed by atoms with Gasteiger partial charge < -0.3 is 9.72 Å². The lowest BCUT2D eigenvalue weighted by Gasteiger charge is -2.02. The largest absolute Gasteiger partial charge is 0.408 e. The van der Waals surface area contributed by atoms with Crippen LogP contribution in [0.1, 0.15) is 12.6 Å². The maximum atomic E-state index is 11.0. The predicted molar refractivity (Wildman–Crippen MR) is 69.6 cm³/mol. The SMILES string of the molecule is CC(=O)Oc1cc2c([nH]c3ccccc32)c(C)n1. The van der Waals surface area contributed by atoms with Crippen LogP contribution in [0.3, 0.4) is 0 Å². The minimum absolute atomic E-state index is 0.345. The van der Waals surface area contributed by atoms with E-state index in [4.69, 9.17) is 4.74 Å². The molecule has 0 atom stereocenters. The number of nitrogens with one attached hydrogen (secondary N) is 1. The lowest BCUT2D eigenvalue weighted by atomic mass is 10.1. The monoisotopic (exact) mass is 240 g/mol. The molecule has 3 rings (SSSR count). The van der Waals surface area contributed by atoms with E-state index in [1.807, 2.05) is 31.2 Å². The summed E-state index contributed by atoms with van der Waals surface area (Å²) in [6.45, 7) is 3.27. The van der Waals surface area contributed by atoms with Crippen molar-refractivity contribution < 1.29 is 9.53 Å². The second-order valence-corrected chi connectivity index (χ2v) is 4.23. The fraction of sp³-hybridized carbons (Fsp3) is 0.143. The van der Waals surface area contributed by atoms with Gasteiger partial charge in [0.2, 0.25) is 5.88 Å². The molecular weight excluding hydrogens is 228 g/mol. The molecule has 0 radical (unpaired) electrons. The summed E-state index contributed by atoms with van der Waals surface area (Å²) >= 11 is 0. The van der Waals surface area contributed by atoms with Crippen molar-refractivity contribution in [2.75, 3.05) is 0 Å². The van der Waals surface area contributed by atoms with Gasteiger partial charge in [0.1, 0.15) is 0 Å². The second kappa shape index (κ2) is 3.84. The summed E-state index contributed by atoms with van der Waals surface area (Å²) in [6, 6.07) is 9.80. The highest BCUT2D eigenvalue weighted by Gasteiger charge is 2.10. The number of para-hydroxylation sites is 1. The van der Waals surface area contributed by atoms with E-state index >= 15 is 0 Å². The maximum Gasteiger partial charge on any atom is 0.309 e. The molecule has 3 aromatic rings. The summed E-state index contributed by atoms with van der Waals surface area (Å²) in [5.74, 6) is -0.0154.